The van der Waals surface area contributed by atoms with E-state index < -0.39 is 0 Å². The normalized spacial score (nSPS) is 14.3. The summed E-state index contributed by atoms with van der Waals surface area (Å²) in [7, 11) is 0. The molecule has 0 radical (unpaired) electrons. The second-order valence-electron chi connectivity index (χ2n) is 7.44. The van der Waals surface area contributed by atoms with Crippen molar-refractivity contribution in [2.24, 2.45) is 0 Å². The van der Waals surface area contributed by atoms with E-state index in [1.165, 1.54) is 19.2 Å². The molecule has 9 nitrogen and oxygen atoms in total. The third kappa shape index (κ3) is 4.14. The number of ether oxygens (including phenoxy) is 1. The monoisotopic (exact) mass is 396 g/mol. The Balaban J connectivity index is 1.85. The fraction of sp³-hybridized carbons (Fsp3) is 0.550. The molecule has 1 aliphatic heterocycles. The highest BCUT2D eigenvalue weighted by atomic mass is 16.5. The zero-order valence-electron chi connectivity index (χ0n) is 17.3. The summed E-state index contributed by atoms with van der Waals surface area (Å²) in [5.41, 5.74) is 2.75. The minimum Gasteiger partial charge on any atom is -0.380 e. The van der Waals surface area contributed by atoms with Crippen LogP contribution in [0.5, 0.6) is 0 Å². The zero-order valence-corrected chi connectivity index (χ0v) is 17.3. The van der Waals surface area contributed by atoms with Gasteiger partial charge in [-0.15, -0.1) is 0 Å². The molecule has 0 saturated carbocycles. The standard InChI is InChI=1S/C20H28N8O/c1-4-29-12-11-28-18-17(16(26-28)14(2)3)24-20(27-9-5-6-10-27)25-19(18)23-15-7-8-21-13-22-15/h7-8,13-14H,4-6,9-12H2,1-3H3,(H,21,22,23,24,25). The lowest BCUT2D eigenvalue weighted by Gasteiger charge is -2.17. The number of fused-ring (bicyclic) bond motifs is 1. The number of nitrogens with zero attached hydrogens (tertiary/aromatic N) is 7. The number of hydrogen-bond donors (Lipinski definition) is 1. The van der Waals surface area contributed by atoms with Gasteiger partial charge < -0.3 is 15.0 Å². The Kier molecular flexibility index (Phi) is 5.84. The van der Waals surface area contributed by atoms with Crippen molar-refractivity contribution < 1.29 is 4.74 Å². The Morgan fingerprint density at radius 2 is 2.03 bits per heavy atom. The molecule has 154 valence electrons. The second kappa shape index (κ2) is 8.69. The van der Waals surface area contributed by atoms with Crippen LogP contribution in [-0.2, 0) is 11.3 Å². The summed E-state index contributed by atoms with van der Waals surface area (Å²) in [4.78, 5) is 20.4. The SMILES string of the molecule is CCOCCn1nc(C(C)C)c2nc(N3CCCC3)nc(Nc3ccncn3)c21. The van der Waals surface area contributed by atoms with Gasteiger partial charge in [-0.3, -0.25) is 4.68 Å². The third-order valence-corrected chi connectivity index (χ3v) is 5.02. The van der Waals surface area contributed by atoms with Gasteiger partial charge in [-0.1, -0.05) is 13.8 Å². The lowest BCUT2D eigenvalue weighted by atomic mass is 10.1. The highest BCUT2D eigenvalue weighted by molar-refractivity contribution is 5.90. The lowest BCUT2D eigenvalue weighted by Crippen LogP contribution is -2.21. The van der Waals surface area contributed by atoms with E-state index in [0.717, 1.165) is 35.8 Å². The molecule has 29 heavy (non-hydrogen) atoms. The van der Waals surface area contributed by atoms with Crippen LogP contribution in [0.3, 0.4) is 0 Å². The zero-order chi connectivity index (χ0) is 20.2. The number of nitrogens with one attached hydrogen (secondary N) is 1. The van der Waals surface area contributed by atoms with Crippen LogP contribution in [0.4, 0.5) is 17.6 Å². The van der Waals surface area contributed by atoms with Crippen LogP contribution >= 0.6 is 0 Å². The van der Waals surface area contributed by atoms with Crippen molar-refractivity contribution in [3.8, 4) is 0 Å². The number of anilines is 3. The van der Waals surface area contributed by atoms with E-state index in [2.05, 4.69) is 34.0 Å². The molecule has 0 atom stereocenters. The van der Waals surface area contributed by atoms with Gasteiger partial charge in [0, 0.05) is 25.9 Å². The highest BCUT2D eigenvalue weighted by Gasteiger charge is 2.24. The molecule has 0 bridgehead atoms. The summed E-state index contributed by atoms with van der Waals surface area (Å²) in [5, 5.41) is 8.24. The Morgan fingerprint density at radius 1 is 1.21 bits per heavy atom. The van der Waals surface area contributed by atoms with Crippen LogP contribution < -0.4 is 10.2 Å². The molecular formula is C20H28N8O. The molecule has 1 saturated heterocycles. The quantitative estimate of drug-likeness (QED) is 0.581. The second-order valence-corrected chi connectivity index (χ2v) is 7.44. The summed E-state index contributed by atoms with van der Waals surface area (Å²) in [6, 6.07) is 1.83. The molecule has 0 aromatic carbocycles. The fourth-order valence-corrected chi connectivity index (χ4v) is 3.57. The van der Waals surface area contributed by atoms with E-state index >= 15 is 0 Å². The van der Waals surface area contributed by atoms with Gasteiger partial charge in [-0.2, -0.15) is 10.1 Å². The van der Waals surface area contributed by atoms with E-state index in [-0.39, 0.29) is 5.92 Å². The molecular weight excluding hydrogens is 368 g/mol. The maximum Gasteiger partial charge on any atom is 0.228 e. The summed E-state index contributed by atoms with van der Waals surface area (Å²) in [6.45, 7) is 10.1. The van der Waals surface area contributed by atoms with Crippen molar-refractivity contribution in [1.82, 2.24) is 29.7 Å². The van der Waals surface area contributed by atoms with Gasteiger partial charge in [0.05, 0.1) is 18.8 Å². The van der Waals surface area contributed by atoms with Crippen LogP contribution in [0, 0.1) is 0 Å². The van der Waals surface area contributed by atoms with Gasteiger partial charge in [-0.05, 0) is 31.7 Å². The van der Waals surface area contributed by atoms with E-state index in [0.29, 0.717) is 31.4 Å². The predicted molar refractivity (Wildman–Crippen MR) is 113 cm³/mol. The highest BCUT2D eigenvalue weighted by Crippen LogP contribution is 2.32. The van der Waals surface area contributed by atoms with Crippen molar-refractivity contribution in [3.05, 3.63) is 24.3 Å². The first-order valence-electron chi connectivity index (χ1n) is 10.3. The summed E-state index contributed by atoms with van der Waals surface area (Å²) >= 11 is 0. The molecule has 3 aromatic heterocycles. The van der Waals surface area contributed by atoms with Gasteiger partial charge in [0.25, 0.3) is 0 Å². The smallest absolute Gasteiger partial charge is 0.228 e. The molecule has 9 heteroatoms. The van der Waals surface area contributed by atoms with Crippen LogP contribution in [0.25, 0.3) is 11.0 Å². The van der Waals surface area contributed by atoms with Crippen molar-refractivity contribution in [2.75, 3.05) is 36.5 Å². The van der Waals surface area contributed by atoms with Gasteiger partial charge in [0.1, 0.15) is 23.2 Å². The third-order valence-electron chi connectivity index (χ3n) is 5.02. The molecule has 0 amide bonds. The lowest BCUT2D eigenvalue weighted by molar-refractivity contribution is 0.137. The topological polar surface area (TPSA) is 93.9 Å². The minimum atomic E-state index is 0.249. The van der Waals surface area contributed by atoms with Gasteiger partial charge >= 0.3 is 0 Å². The van der Waals surface area contributed by atoms with Crippen molar-refractivity contribution in [1.29, 1.82) is 0 Å². The number of aromatic nitrogens is 6. The predicted octanol–water partition coefficient (Wildman–Crippen LogP) is 3.12. The van der Waals surface area contributed by atoms with Gasteiger partial charge in [-0.25, -0.2) is 15.0 Å². The first-order chi connectivity index (χ1) is 14.2. The summed E-state index contributed by atoms with van der Waals surface area (Å²) < 4.78 is 7.52. The van der Waals surface area contributed by atoms with Crippen LogP contribution in [0.1, 0.15) is 45.2 Å². The number of hydrogen-bond acceptors (Lipinski definition) is 8. The van der Waals surface area contributed by atoms with Crippen LogP contribution in [-0.4, -0.2) is 56.0 Å². The number of rotatable bonds is 8. The van der Waals surface area contributed by atoms with E-state index in [4.69, 9.17) is 19.8 Å². The van der Waals surface area contributed by atoms with Crippen molar-refractivity contribution in [2.45, 2.75) is 46.1 Å². The van der Waals surface area contributed by atoms with E-state index in [1.54, 1.807) is 6.20 Å². The Labute approximate surface area is 170 Å². The fourth-order valence-electron chi connectivity index (χ4n) is 3.57. The van der Waals surface area contributed by atoms with Crippen molar-refractivity contribution in [3.63, 3.8) is 0 Å². The maximum atomic E-state index is 5.57. The molecule has 0 spiro atoms. The minimum absolute atomic E-state index is 0.249. The Morgan fingerprint density at radius 3 is 2.72 bits per heavy atom. The first kappa shape index (κ1) is 19.5. The van der Waals surface area contributed by atoms with Crippen LogP contribution in [0.2, 0.25) is 0 Å². The largest absolute Gasteiger partial charge is 0.380 e. The Bertz CT molecular complexity index is 950. The molecule has 4 heterocycles. The average Bonchev–Trinajstić information content (AvgIpc) is 3.37. The molecule has 0 aliphatic carbocycles. The molecule has 1 fully saturated rings. The Hall–Kier alpha value is -2.81. The van der Waals surface area contributed by atoms with Crippen LogP contribution in [0.15, 0.2) is 18.6 Å². The summed E-state index contributed by atoms with van der Waals surface area (Å²) in [5.74, 6) is 2.40. The first-order valence-corrected chi connectivity index (χ1v) is 10.3. The summed E-state index contributed by atoms with van der Waals surface area (Å²) in [6.07, 6.45) is 5.57. The maximum absolute atomic E-state index is 5.57. The van der Waals surface area contributed by atoms with Gasteiger partial charge in [0.2, 0.25) is 5.95 Å². The molecule has 3 aromatic rings. The van der Waals surface area contributed by atoms with E-state index in [1.807, 2.05) is 17.7 Å². The molecule has 4 rings (SSSR count). The molecule has 1 aliphatic rings. The molecule has 1 N–H and O–H groups in total. The van der Waals surface area contributed by atoms with Gasteiger partial charge in [0.15, 0.2) is 5.82 Å². The van der Waals surface area contributed by atoms with Crippen molar-refractivity contribution >= 4 is 28.6 Å². The molecule has 0 unspecified atom stereocenters. The van der Waals surface area contributed by atoms with E-state index in [9.17, 15) is 0 Å². The average molecular weight is 396 g/mol.